The Hall–Kier alpha value is -1.56. The number of hydrogen-bond donors (Lipinski definition) is 2. The van der Waals surface area contributed by atoms with Gasteiger partial charge in [0, 0.05) is 32.2 Å². The third kappa shape index (κ3) is 7.50. The van der Waals surface area contributed by atoms with E-state index in [1.54, 1.807) is 7.05 Å². The van der Waals surface area contributed by atoms with Gasteiger partial charge in [-0.1, -0.05) is 32.9 Å². The van der Waals surface area contributed by atoms with Crippen molar-refractivity contribution < 1.29 is 9.26 Å². The van der Waals surface area contributed by atoms with E-state index in [2.05, 4.69) is 48.5 Å². The smallest absolute Gasteiger partial charge is 0.191 e. The lowest BCUT2D eigenvalue weighted by molar-refractivity contribution is 0.114. The van der Waals surface area contributed by atoms with Crippen LogP contribution in [-0.4, -0.2) is 37.9 Å². The number of ether oxygens (including phenoxy) is 1. The molecule has 0 spiro atoms. The zero-order valence-electron chi connectivity index (χ0n) is 15.2. The first-order chi connectivity index (χ1) is 11.1. The normalized spacial score (nSPS) is 12.2. The van der Waals surface area contributed by atoms with Gasteiger partial charge in [0.25, 0.3) is 0 Å². The van der Waals surface area contributed by atoms with Crippen LogP contribution in [0.5, 0.6) is 0 Å². The van der Waals surface area contributed by atoms with Gasteiger partial charge in [0.2, 0.25) is 0 Å². The molecule has 0 amide bonds. The Morgan fingerprint density at radius 1 is 1.30 bits per heavy atom. The molecule has 6 nitrogen and oxygen atoms in total. The molecule has 0 aromatic carbocycles. The van der Waals surface area contributed by atoms with Crippen LogP contribution < -0.4 is 10.6 Å². The van der Waals surface area contributed by atoms with E-state index >= 15 is 0 Å². The van der Waals surface area contributed by atoms with Crippen molar-refractivity contribution in [3.05, 3.63) is 17.5 Å². The fourth-order valence-electron chi connectivity index (χ4n) is 2.26. The second-order valence-electron chi connectivity index (χ2n) is 6.05. The summed E-state index contributed by atoms with van der Waals surface area (Å²) < 4.78 is 10.9. The van der Waals surface area contributed by atoms with E-state index in [0.717, 1.165) is 43.4 Å². The van der Waals surface area contributed by atoms with E-state index in [4.69, 9.17) is 9.26 Å². The largest absolute Gasteiger partial charge is 0.379 e. The number of nitrogens with one attached hydrogen (secondary N) is 2. The molecule has 1 rings (SSSR count). The summed E-state index contributed by atoms with van der Waals surface area (Å²) in [5, 5.41) is 10.6. The molecule has 23 heavy (non-hydrogen) atoms. The summed E-state index contributed by atoms with van der Waals surface area (Å²) in [5.74, 6) is 2.59. The Morgan fingerprint density at radius 3 is 2.65 bits per heavy atom. The Kier molecular flexibility index (Phi) is 9.36. The molecule has 0 aliphatic heterocycles. The first-order valence-electron chi connectivity index (χ1n) is 8.58. The summed E-state index contributed by atoms with van der Waals surface area (Å²) in [5.41, 5.74) is 1.04. The average Bonchev–Trinajstić information content (AvgIpc) is 2.99. The van der Waals surface area contributed by atoms with Crippen LogP contribution in [0.15, 0.2) is 15.6 Å². The van der Waals surface area contributed by atoms with Crippen molar-refractivity contribution in [1.29, 1.82) is 0 Å². The molecule has 0 radical (unpaired) electrons. The highest BCUT2D eigenvalue weighted by Gasteiger charge is 2.13. The van der Waals surface area contributed by atoms with Crippen LogP contribution in [0.1, 0.15) is 57.9 Å². The lowest BCUT2D eigenvalue weighted by Gasteiger charge is -2.11. The summed E-state index contributed by atoms with van der Waals surface area (Å²) >= 11 is 0. The molecule has 0 unspecified atom stereocenters. The molecular formula is C17H32N4O2. The van der Waals surface area contributed by atoms with Crippen LogP contribution in [0, 0.1) is 5.92 Å². The minimum absolute atomic E-state index is 0.475. The molecule has 0 saturated carbocycles. The minimum Gasteiger partial charge on any atom is -0.379 e. The Balaban J connectivity index is 2.32. The van der Waals surface area contributed by atoms with Crippen molar-refractivity contribution in [2.24, 2.45) is 10.9 Å². The Labute approximate surface area is 140 Å². The monoisotopic (exact) mass is 324 g/mol. The molecule has 2 N–H and O–H groups in total. The number of guanidine groups is 1. The maximum Gasteiger partial charge on any atom is 0.191 e. The van der Waals surface area contributed by atoms with Crippen LogP contribution in [-0.2, 0) is 11.3 Å². The predicted octanol–water partition coefficient (Wildman–Crippen LogP) is 2.92. The van der Waals surface area contributed by atoms with Crippen LogP contribution in [0.3, 0.4) is 0 Å². The lowest BCUT2D eigenvalue weighted by Crippen LogP contribution is -2.38. The van der Waals surface area contributed by atoms with Gasteiger partial charge in [-0.3, -0.25) is 4.99 Å². The van der Waals surface area contributed by atoms with Crippen molar-refractivity contribution in [2.75, 3.05) is 26.8 Å². The fourth-order valence-corrected chi connectivity index (χ4v) is 2.26. The van der Waals surface area contributed by atoms with Gasteiger partial charge in [-0.05, 0) is 18.8 Å². The van der Waals surface area contributed by atoms with E-state index in [9.17, 15) is 0 Å². The molecule has 1 heterocycles. The van der Waals surface area contributed by atoms with Crippen LogP contribution >= 0.6 is 0 Å². The number of nitrogens with zero attached hydrogens (tertiary/aromatic N) is 2. The quantitative estimate of drug-likeness (QED) is 0.393. The average molecular weight is 324 g/mol. The molecule has 0 saturated heterocycles. The summed E-state index contributed by atoms with van der Waals surface area (Å²) in [4.78, 5) is 4.19. The van der Waals surface area contributed by atoms with Gasteiger partial charge in [0.15, 0.2) is 11.7 Å². The number of hydrogen-bond acceptors (Lipinski definition) is 4. The van der Waals surface area contributed by atoms with Gasteiger partial charge in [0.1, 0.15) is 0 Å². The third-order valence-electron chi connectivity index (χ3n) is 3.62. The summed E-state index contributed by atoms with van der Waals surface area (Å²) in [6.07, 6.45) is 2.16. The molecule has 6 heteroatoms. The maximum absolute atomic E-state index is 5.53. The van der Waals surface area contributed by atoms with Crippen molar-refractivity contribution in [2.45, 2.75) is 53.0 Å². The minimum atomic E-state index is 0.475. The van der Waals surface area contributed by atoms with Crippen LogP contribution in [0.25, 0.3) is 0 Å². The van der Waals surface area contributed by atoms with Gasteiger partial charge >= 0.3 is 0 Å². The third-order valence-corrected chi connectivity index (χ3v) is 3.62. The first-order valence-corrected chi connectivity index (χ1v) is 8.58. The maximum atomic E-state index is 5.53. The highest BCUT2D eigenvalue weighted by molar-refractivity contribution is 5.79. The fraction of sp³-hybridized carbons (Fsp3) is 0.765. The first kappa shape index (κ1) is 19.5. The predicted molar refractivity (Wildman–Crippen MR) is 93.7 cm³/mol. The summed E-state index contributed by atoms with van der Waals surface area (Å²) in [6, 6.07) is 2.03. The Morgan fingerprint density at radius 2 is 2.04 bits per heavy atom. The van der Waals surface area contributed by atoms with Crippen molar-refractivity contribution in [3.8, 4) is 0 Å². The number of rotatable bonds is 10. The van der Waals surface area contributed by atoms with Crippen molar-refractivity contribution in [3.63, 3.8) is 0 Å². The highest BCUT2D eigenvalue weighted by Crippen LogP contribution is 2.22. The molecule has 0 bridgehead atoms. The lowest BCUT2D eigenvalue weighted by atomic mass is 9.99. The molecule has 0 atom stereocenters. The zero-order valence-corrected chi connectivity index (χ0v) is 15.2. The molecule has 0 aliphatic carbocycles. The van der Waals surface area contributed by atoms with Gasteiger partial charge in [-0.2, -0.15) is 0 Å². The second kappa shape index (κ2) is 11.0. The molecule has 0 fully saturated rings. The molecule has 132 valence electrons. The molecule has 0 aliphatic rings. The SMILES string of the molecule is CCC(CC)c1cc(CNC(=NC)NCCOCC(C)C)on1. The van der Waals surface area contributed by atoms with Crippen molar-refractivity contribution >= 4 is 5.96 Å². The van der Waals surface area contributed by atoms with Crippen LogP contribution in [0.4, 0.5) is 0 Å². The van der Waals surface area contributed by atoms with E-state index < -0.39 is 0 Å². The number of aromatic nitrogens is 1. The van der Waals surface area contributed by atoms with E-state index in [1.165, 1.54) is 0 Å². The summed E-state index contributed by atoms with van der Waals surface area (Å²) in [7, 11) is 1.75. The molecule has 1 aromatic rings. The molecular weight excluding hydrogens is 292 g/mol. The zero-order chi connectivity index (χ0) is 17.1. The number of aliphatic imine (C=N–C) groups is 1. The standard InChI is InChI=1S/C17H32N4O2/c1-6-14(7-2)16-10-15(23-21-16)11-20-17(18-5)19-8-9-22-12-13(3)4/h10,13-14H,6-9,11-12H2,1-5H3,(H2,18,19,20). The van der Waals surface area contributed by atoms with E-state index in [0.29, 0.717) is 25.0 Å². The second-order valence-corrected chi connectivity index (χ2v) is 6.05. The summed E-state index contributed by atoms with van der Waals surface area (Å²) in [6.45, 7) is 11.4. The van der Waals surface area contributed by atoms with Crippen molar-refractivity contribution in [1.82, 2.24) is 15.8 Å². The van der Waals surface area contributed by atoms with E-state index in [-0.39, 0.29) is 0 Å². The topological polar surface area (TPSA) is 71.7 Å². The Bertz CT molecular complexity index is 453. The molecule has 1 aromatic heterocycles. The van der Waals surface area contributed by atoms with Gasteiger partial charge in [-0.25, -0.2) is 0 Å². The van der Waals surface area contributed by atoms with Gasteiger partial charge in [0.05, 0.1) is 18.8 Å². The van der Waals surface area contributed by atoms with Crippen LogP contribution in [0.2, 0.25) is 0 Å². The van der Waals surface area contributed by atoms with Gasteiger partial charge < -0.3 is 19.9 Å². The highest BCUT2D eigenvalue weighted by atomic mass is 16.5. The van der Waals surface area contributed by atoms with E-state index in [1.807, 2.05) is 6.07 Å². The van der Waals surface area contributed by atoms with Gasteiger partial charge in [-0.15, -0.1) is 0 Å².